The second kappa shape index (κ2) is 6.40. The molecule has 2 N–H and O–H groups in total. The van der Waals surface area contributed by atoms with Gasteiger partial charge in [-0.1, -0.05) is 30.3 Å². The smallest absolute Gasteiger partial charge is 0.165 e. The number of H-pyrrole nitrogens is 1. The van der Waals surface area contributed by atoms with Crippen LogP contribution >= 0.6 is 0 Å². The van der Waals surface area contributed by atoms with E-state index in [1.807, 2.05) is 24.3 Å². The number of hydrogen-bond acceptors (Lipinski definition) is 3. The molecular weight excluding hydrogens is 312 g/mol. The topological polar surface area (TPSA) is 46.3 Å². The van der Waals surface area contributed by atoms with E-state index in [1.165, 1.54) is 10.8 Å². The van der Waals surface area contributed by atoms with Crippen molar-refractivity contribution in [2.45, 2.75) is 6.54 Å². The maximum Gasteiger partial charge on any atom is 0.165 e. The largest absolute Gasteiger partial charge is 0.493 e. The van der Waals surface area contributed by atoms with Crippen molar-refractivity contribution in [3.8, 4) is 11.5 Å². The number of hydrogen-bond donors (Lipinski definition) is 2. The summed E-state index contributed by atoms with van der Waals surface area (Å²) in [6.45, 7) is 0.661. The van der Waals surface area contributed by atoms with Crippen LogP contribution in [0.5, 0.6) is 11.5 Å². The van der Waals surface area contributed by atoms with E-state index in [1.54, 1.807) is 14.2 Å². The van der Waals surface area contributed by atoms with Crippen molar-refractivity contribution in [1.82, 2.24) is 4.98 Å². The van der Waals surface area contributed by atoms with E-state index in [4.69, 9.17) is 9.47 Å². The Hall–Kier alpha value is -3.14. The summed E-state index contributed by atoms with van der Waals surface area (Å²) >= 11 is 0. The third kappa shape index (κ3) is 2.76. The zero-order valence-corrected chi connectivity index (χ0v) is 14.3. The Labute approximate surface area is 146 Å². The third-order valence-corrected chi connectivity index (χ3v) is 4.47. The highest BCUT2D eigenvalue weighted by atomic mass is 16.5. The maximum atomic E-state index is 5.50. The van der Waals surface area contributed by atoms with E-state index in [9.17, 15) is 0 Å². The van der Waals surface area contributed by atoms with Crippen LogP contribution in [0, 0.1) is 0 Å². The molecule has 4 heteroatoms. The minimum atomic E-state index is 0.661. The van der Waals surface area contributed by atoms with E-state index in [0.29, 0.717) is 6.54 Å². The molecule has 0 spiro atoms. The number of methoxy groups -OCH3 is 2. The van der Waals surface area contributed by atoms with Crippen molar-refractivity contribution in [3.63, 3.8) is 0 Å². The molecule has 0 saturated heterocycles. The number of nitrogens with one attached hydrogen (secondary N) is 2. The molecule has 0 radical (unpaired) electrons. The first kappa shape index (κ1) is 15.4. The number of ether oxygens (including phenoxy) is 2. The van der Waals surface area contributed by atoms with Gasteiger partial charge in [-0.3, -0.25) is 0 Å². The van der Waals surface area contributed by atoms with Crippen LogP contribution in [-0.4, -0.2) is 19.2 Å². The first-order valence-corrected chi connectivity index (χ1v) is 8.24. The first-order chi connectivity index (χ1) is 12.3. The van der Waals surface area contributed by atoms with Gasteiger partial charge in [-0.25, -0.2) is 0 Å². The Morgan fingerprint density at radius 2 is 1.68 bits per heavy atom. The highest BCUT2D eigenvalue weighted by Crippen LogP contribution is 2.32. The van der Waals surface area contributed by atoms with Gasteiger partial charge in [0.05, 0.1) is 14.2 Å². The molecule has 0 aliphatic heterocycles. The molecule has 3 aromatic carbocycles. The van der Waals surface area contributed by atoms with Gasteiger partial charge in [-0.05, 0) is 30.3 Å². The molecule has 126 valence electrons. The number of para-hydroxylation sites is 2. The monoisotopic (exact) mass is 332 g/mol. The van der Waals surface area contributed by atoms with Gasteiger partial charge in [-0.15, -0.1) is 0 Å². The van der Waals surface area contributed by atoms with Crippen LogP contribution in [0.4, 0.5) is 5.69 Å². The summed E-state index contributed by atoms with van der Waals surface area (Å²) < 4.78 is 10.9. The fraction of sp³-hybridized carbons (Fsp3) is 0.143. The van der Waals surface area contributed by atoms with Crippen LogP contribution in [0.1, 0.15) is 5.56 Å². The number of rotatable bonds is 5. The Kier molecular flexibility index (Phi) is 3.94. The Morgan fingerprint density at radius 3 is 2.52 bits per heavy atom. The lowest BCUT2D eigenvalue weighted by atomic mass is 10.1. The standard InChI is InChI=1S/C21H20N2O2/c1-24-20-9-5-6-14(21(20)25-2)13-22-15-10-11-19-17(12-15)16-7-3-4-8-18(16)23-19/h3-12,22-23H,13H2,1-2H3. The second-order valence-electron chi connectivity index (χ2n) is 5.94. The summed E-state index contributed by atoms with van der Waals surface area (Å²) in [6.07, 6.45) is 0. The van der Waals surface area contributed by atoms with Gasteiger partial charge in [-0.2, -0.15) is 0 Å². The molecule has 0 saturated carbocycles. The van der Waals surface area contributed by atoms with E-state index in [0.717, 1.165) is 33.8 Å². The van der Waals surface area contributed by atoms with Crippen molar-refractivity contribution >= 4 is 27.5 Å². The number of benzene rings is 3. The van der Waals surface area contributed by atoms with Gasteiger partial charge in [0.1, 0.15) is 0 Å². The molecule has 0 fully saturated rings. The van der Waals surface area contributed by atoms with Crippen molar-refractivity contribution in [1.29, 1.82) is 0 Å². The molecule has 1 aromatic heterocycles. The normalized spacial score (nSPS) is 11.0. The summed E-state index contributed by atoms with van der Waals surface area (Å²) in [5, 5.41) is 5.94. The fourth-order valence-corrected chi connectivity index (χ4v) is 3.25. The molecule has 4 nitrogen and oxygen atoms in total. The average Bonchev–Trinajstić information content (AvgIpc) is 3.03. The Balaban J connectivity index is 1.64. The van der Waals surface area contributed by atoms with Crippen molar-refractivity contribution in [2.75, 3.05) is 19.5 Å². The number of anilines is 1. The van der Waals surface area contributed by atoms with Crippen LogP contribution in [0.3, 0.4) is 0 Å². The van der Waals surface area contributed by atoms with Crippen molar-refractivity contribution < 1.29 is 9.47 Å². The predicted molar refractivity (Wildman–Crippen MR) is 103 cm³/mol. The molecule has 1 heterocycles. The van der Waals surface area contributed by atoms with E-state index in [-0.39, 0.29) is 0 Å². The van der Waals surface area contributed by atoms with Gasteiger partial charge in [0.2, 0.25) is 0 Å². The zero-order valence-electron chi connectivity index (χ0n) is 14.3. The summed E-state index contributed by atoms with van der Waals surface area (Å²) in [6, 6.07) is 20.7. The second-order valence-corrected chi connectivity index (χ2v) is 5.94. The van der Waals surface area contributed by atoms with Gasteiger partial charge in [0.15, 0.2) is 11.5 Å². The summed E-state index contributed by atoms with van der Waals surface area (Å²) in [5.74, 6) is 1.51. The van der Waals surface area contributed by atoms with Crippen LogP contribution in [0.15, 0.2) is 60.7 Å². The summed E-state index contributed by atoms with van der Waals surface area (Å²) in [5.41, 5.74) is 4.43. The molecule has 0 atom stereocenters. The van der Waals surface area contributed by atoms with Gasteiger partial charge < -0.3 is 19.8 Å². The SMILES string of the molecule is COc1cccc(CNc2ccc3[nH]c4ccccc4c3c2)c1OC. The van der Waals surface area contributed by atoms with E-state index < -0.39 is 0 Å². The summed E-state index contributed by atoms with van der Waals surface area (Å²) in [4.78, 5) is 3.45. The minimum absolute atomic E-state index is 0.661. The lowest BCUT2D eigenvalue weighted by molar-refractivity contribution is 0.352. The Bertz CT molecular complexity index is 1040. The van der Waals surface area contributed by atoms with Crippen molar-refractivity contribution in [3.05, 3.63) is 66.2 Å². The quantitative estimate of drug-likeness (QED) is 0.543. The number of fused-ring (bicyclic) bond motifs is 3. The van der Waals surface area contributed by atoms with Crippen LogP contribution in [0.25, 0.3) is 21.8 Å². The average molecular weight is 332 g/mol. The molecule has 4 aromatic rings. The number of aromatic nitrogens is 1. The molecule has 0 unspecified atom stereocenters. The molecule has 0 aliphatic rings. The number of aromatic amines is 1. The van der Waals surface area contributed by atoms with Crippen LogP contribution < -0.4 is 14.8 Å². The van der Waals surface area contributed by atoms with E-state index >= 15 is 0 Å². The highest BCUT2D eigenvalue weighted by Gasteiger charge is 2.10. The molecular formula is C21H20N2O2. The predicted octanol–water partition coefficient (Wildman–Crippen LogP) is 4.95. The Morgan fingerprint density at radius 1 is 0.840 bits per heavy atom. The molecule has 0 aliphatic carbocycles. The van der Waals surface area contributed by atoms with E-state index in [2.05, 4.69) is 46.7 Å². The summed E-state index contributed by atoms with van der Waals surface area (Å²) in [7, 11) is 3.32. The zero-order chi connectivity index (χ0) is 17.2. The van der Waals surface area contributed by atoms with Gasteiger partial charge in [0.25, 0.3) is 0 Å². The third-order valence-electron chi connectivity index (χ3n) is 4.47. The maximum absolute atomic E-state index is 5.50. The molecule has 0 bridgehead atoms. The van der Waals surface area contributed by atoms with Gasteiger partial charge >= 0.3 is 0 Å². The minimum Gasteiger partial charge on any atom is -0.493 e. The van der Waals surface area contributed by atoms with Gasteiger partial charge in [0, 0.05) is 39.6 Å². The molecule has 25 heavy (non-hydrogen) atoms. The first-order valence-electron chi connectivity index (χ1n) is 8.24. The molecule has 0 amide bonds. The highest BCUT2D eigenvalue weighted by molar-refractivity contribution is 6.08. The molecule has 4 rings (SSSR count). The van der Waals surface area contributed by atoms with Crippen LogP contribution in [-0.2, 0) is 6.54 Å². The van der Waals surface area contributed by atoms with Crippen LogP contribution in [0.2, 0.25) is 0 Å². The van der Waals surface area contributed by atoms with Crippen molar-refractivity contribution in [2.24, 2.45) is 0 Å². The lowest BCUT2D eigenvalue weighted by Crippen LogP contribution is -2.02. The fourth-order valence-electron chi connectivity index (χ4n) is 3.25. The lowest BCUT2D eigenvalue weighted by Gasteiger charge is -2.13.